The summed E-state index contributed by atoms with van der Waals surface area (Å²) in [5.41, 5.74) is 6.84. The van der Waals surface area contributed by atoms with Crippen molar-refractivity contribution in [2.45, 2.75) is 18.4 Å². The molecule has 0 aliphatic carbocycles. The first-order chi connectivity index (χ1) is 9.09. The van der Waals surface area contributed by atoms with Crippen LogP contribution in [-0.2, 0) is 16.6 Å². The molecule has 3 N–H and O–H groups in total. The van der Waals surface area contributed by atoms with E-state index in [2.05, 4.69) is 4.98 Å². The van der Waals surface area contributed by atoms with E-state index in [-0.39, 0.29) is 11.4 Å². The maximum Gasteiger partial charge on any atom is 0.265 e. The molecule has 0 saturated heterocycles. The Morgan fingerprint density at radius 2 is 1.95 bits per heavy atom. The minimum absolute atomic E-state index is 0.235. The van der Waals surface area contributed by atoms with Crippen LogP contribution in [0, 0.1) is 0 Å². The van der Waals surface area contributed by atoms with E-state index in [4.69, 9.17) is 5.73 Å². The first kappa shape index (κ1) is 13.6. The molecule has 0 aliphatic heterocycles. The zero-order valence-electron chi connectivity index (χ0n) is 10.7. The van der Waals surface area contributed by atoms with Gasteiger partial charge in [-0.15, -0.1) is 0 Å². The fraction of sp³-hybridized carbons (Fsp3) is 0.231. The lowest BCUT2D eigenvalue weighted by Crippen LogP contribution is -2.30. The number of nitrogens with one attached hydrogen (secondary N) is 1. The van der Waals surface area contributed by atoms with Gasteiger partial charge in [0.2, 0.25) is 0 Å². The van der Waals surface area contributed by atoms with E-state index in [9.17, 15) is 8.42 Å². The summed E-state index contributed by atoms with van der Waals surface area (Å²) in [6.45, 7) is 2.46. The molecule has 0 fully saturated rings. The molecule has 1 heterocycles. The lowest BCUT2D eigenvalue weighted by atomic mass is 10.3. The van der Waals surface area contributed by atoms with Crippen LogP contribution in [0.4, 0.5) is 5.69 Å². The van der Waals surface area contributed by atoms with E-state index < -0.39 is 10.0 Å². The van der Waals surface area contributed by atoms with E-state index in [1.165, 1.54) is 10.5 Å². The number of hydrogen-bond acceptors (Lipinski definition) is 3. The number of aromatic nitrogens is 1. The molecule has 0 saturated carbocycles. The van der Waals surface area contributed by atoms with Crippen LogP contribution < -0.4 is 10.0 Å². The number of anilines is 1. The van der Waals surface area contributed by atoms with Crippen LogP contribution in [0.3, 0.4) is 0 Å². The molecule has 0 radical (unpaired) electrons. The van der Waals surface area contributed by atoms with Gasteiger partial charge in [0, 0.05) is 25.0 Å². The maximum atomic E-state index is 12.6. The fourth-order valence-corrected chi connectivity index (χ4v) is 3.39. The highest BCUT2D eigenvalue weighted by atomic mass is 32.2. The van der Waals surface area contributed by atoms with Gasteiger partial charge in [-0.05, 0) is 25.1 Å². The second-order valence-electron chi connectivity index (χ2n) is 4.07. The summed E-state index contributed by atoms with van der Waals surface area (Å²) in [6, 6.07) is 10.6. The second kappa shape index (κ2) is 5.46. The van der Waals surface area contributed by atoms with E-state index >= 15 is 0 Å². The molecule has 6 heteroatoms. The number of nitrogens with two attached hydrogens (primary N) is 1. The Labute approximate surface area is 113 Å². The maximum absolute atomic E-state index is 12.6. The van der Waals surface area contributed by atoms with Crippen LogP contribution in [0.15, 0.2) is 47.5 Å². The van der Waals surface area contributed by atoms with Crippen molar-refractivity contribution < 1.29 is 8.42 Å². The zero-order chi connectivity index (χ0) is 13.9. The van der Waals surface area contributed by atoms with Crippen molar-refractivity contribution in [2.24, 2.45) is 5.73 Å². The van der Waals surface area contributed by atoms with Gasteiger partial charge in [0.25, 0.3) is 10.0 Å². The quantitative estimate of drug-likeness (QED) is 0.874. The van der Waals surface area contributed by atoms with E-state index in [0.717, 1.165) is 0 Å². The molecule has 0 aliphatic rings. The number of rotatable bonds is 5. The van der Waals surface area contributed by atoms with Crippen molar-refractivity contribution in [1.82, 2.24) is 4.98 Å². The smallest absolute Gasteiger partial charge is 0.265 e. The highest BCUT2D eigenvalue weighted by Crippen LogP contribution is 2.23. The van der Waals surface area contributed by atoms with Crippen LogP contribution in [-0.4, -0.2) is 19.9 Å². The van der Waals surface area contributed by atoms with Crippen molar-refractivity contribution in [2.75, 3.05) is 10.8 Å². The number of sulfonamides is 1. The lowest BCUT2D eigenvalue weighted by molar-refractivity contribution is 0.592. The van der Waals surface area contributed by atoms with Crippen LogP contribution >= 0.6 is 0 Å². The minimum Gasteiger partial charge on any atom is -0.363 e. The molecule has 0 atom stereocenters. The van der Waals surface area contributed by atoms with Gasteiger partial charge in [0.1, 0.15) is 4.90 Å². The number of para-hydroxylation sites is 1. The summed E-state index contributed by atoms with van der Waals surface area (Å²) in [5, 5.41) is 0. The van der Waals surface area contributed by atoms with Gasteiger partial charge >= 0.3 is 0 Å². The molecule has 0 unspecified atom stereocenters. The zero-order valence-corrected chi connectivity index (χ0v) is 11.5. The number of H-pyrrole nitrogens is 1. The number of benzene rings is 1. The molecule has 19 heavy (non-hydrogen) atoms. The summed E-state index contributed by atoms with van der Waals surface area (Å²) in [5.74, 6) is 0. The van der Waals surface area contributed by atoms with Crippen molar-refractivity contribution in [1.29, 1.82) is 0 Å². The predicted octanol–water partition coefficient (Wildman–Crippen LogP) is 1.69. The Balaban J connectivity index is 2.42. The summed E-state index contributed by atoms with van der Waals surface area (Å²) in [7, 11) is -3.55. The van der Waals surface area contributed by atoms with Gasteiger partial charge in [-0.25, -0.2) is 8.42 Å². The van der Waals surface area contributed by atoms with Crippen molar-refractivity contribution in [3.8, 4) is 0 Å². The van der Waals surface area contributed by atoms with Gasteiger partial charge in [0.15, 0.2) is 0 Å². The molecular formula is C13H17N3O2S. The summed E-state index contributed by atoms with van der Waals surface area (Å²) in [6.07, 6.45) is 1.48. The Morgan fingerprint density at radius 1 is 1.26 bits per heavy atom. The van der Waals surface area contributed by atoms with Crippen LogP contribution in [0.1, 0.15) is 12.6 Å². The van der Waals surface area contributed by atoms with E-state index in [1.807, 2.05) is 18.2 Å². The number of nitrogens with zero attached hydrogens (tertiary/aromatic N) is 1. The minimum atomic E-state index is -3.55. The number of aromatic amines is 1. The van der Waals surface area contributed by atoms with Gasteiger partial charge in [0.05, 0.1) is 5.69 Å². The van der Waals surface area contributed by atoms with E-state index in [0.29, 0.717) is 17.9 Å². The molecule has 0 spiro atoms. The van der Waals surface area contributed by atoms with Crippen LogP contribution in [0.2, 0.25) is 0 Å². The third kappa shape index (κ3) is 2.64. The first-order valence-electron chi connectivity index (χ1n) is 6.04. The third-order valence-electron chi connectivity index (χ3n) is 2.86. The Kier molecular flexibility index (Phi) is 3.92. The van der Waals surface area contributed by atoms with Crippen molar-refractivity contribution in [3.05, 3.63) is 48.3 Å². The largest absolute Gasteiger partial charge is 0.363 e. The van der Waals surface area contributed by atoms with Gasteiger partial charge in [-0.3, -0.25) is 4.31 Å². The average Bonchev–Trinajstić information content (AvgIpc) is 2.90. The second-order valence-corrected chi connectivity index (χ2v) is 5.93. The topological polar surface area (TPSA) is 79.2 Å². The highest BCUT2D eigenvalue weighted by Gasteiger charge is 2.24. The summed E-state index contributed by atoms with van der Waals surface area (Å²) < 4.78 is 26.5. The molecule has 1 aromatic heterocycles. The predicted molar refractivity (Wildman–Crippen MR) is 75.3 cm³/mol. The molecule has 102 valence electrons. The monoisotopic (exact) mass is 279 g/mol. The van der Waals surface area contributed by atoms with E-state index in [1.54, 1.807) is 25.1 Å². The molecule has 1 aromatic carbocycles. The normalized spacial score (nSPS) is 11.5. The molecule has 2 rings (SSSR count). The molecular weight excluding hydrogens is 262 g/mol. The third-order valence-corrected chi connectivity index (χ3v) is 4.74. The molecule has 2 aromatic rings. The van der Waals surface area contributed by atoms with Crippen molar-refractivity contribution in [3.63, 3.8) is 0 Å². The SMILES string of the molecule is CCN(c1ccccc1)S(=O)(=O)c1c[nH]c(CN)c1. The highest BCUT2D eigenvalue weighted by molar-refractivity contribution is 7.92. The molecule has 5 nitrogen and oxygen atoms in total. The van der Waals surface area contributed by atoms with Gasteiger partial charge in [-0.2, -0.15) is 0 Å². The molecule has 0 amide bonds. The molecule has 0 bridgehead atoms. The Hall–Kier alpha value is -1.79. The average molecular weight is 279 g/mol. The Morgan fingerprint density at radius 3 is 2.47 bits per heavy atom. The lowest BCUT2D eigenvalue weighted by Gasteiger charge is -2.22. The van der Waals surface area contributed by atoms with Crippen molar-refractivity contribution >= 4 is 15.7 Å². The fourth-order valence-electron chi connectivity index (χ4n) is 1.90. The summed E-state index contributed by atoms with van der Waals surface area (Å²) >= 11 is 0. The van der Waals surface area contributed by atoms with Crippen LogP contribution in [0.25, 0.3) is 0 Å². The van der Waals surface area contributed by atoms with Gasteiger partial charge in [-0.1, -0.05) is 18.2 Å². The standard InChI is InChI=1S/C13H17N3O2S/c1-2-16(12-6-4-3-5-7-12)19(17,18)13-8-11(9-14)15-10-13/h3-8,10,15H,2,9,14H2,1H3. The van der Waals surface area contributed by atoms with Gasteiger partial charge < -0.3 is 10.7 Å². The summed E-state index contributed by atoms with van der Waals surface area (Å²) in [4.78, 5) is 3.10. The first-order valence-corrected chi connectivity index (χ1v) is 7.48. The number of hydrogen-bond donors (Lipinski definition) is 2. The van der Waals surface area contributed by atoms with Crippen LogP contribution in [0.5, 0.6) is 0 Å². The Bertz CT molecular complexity index is 635.